The minimum atomic E-state index is -0.813. The zero-order valence-corrected chi connectivity index (χ0v) is 13.4. The maximum Gasteiger partial charge on any atom is 0.303 e. The lowest BCUT2D eigenvalue weighted by molar-refractivity contribution is -0.137. The van der Waals surface area contributed by atoms with E-state index in [9.17, 15) is 9.59 Å². The van der Waals surface area contributed by atoms with Gasteiger partial charge in [0.05, 0.1) is 6.61 Å². The van der Waals surface area contributed by atoms with Gasteiger partial charge in [-0.15, -0.1) is 0 Å². The highest BCUT2D eigenvalue weighted by Gasteiger charge is 2.43. The average molecular weight is 319 g/mol. The first kappa shape index (κ1) is 17.5. The maximum atomic E-state index is 11.9. The summed E-state index contributed by atoms with van der Waals surface area (Å²) in [6.07, 6.45) is 4.63. The molecule has 1 aromatic rings. The molecule has 23 heavy (non-hydrogen) atoms. The smallest absolute Gasteiger partial charge is 0.303 e. The average Bonchev–Trinajstić information content (AvgIpc) is 3.30. The van der Waals surface area contributed by atoms with Crippen LogP contribution in [0.25, 0.3) is 0 Å². The van der Waals surface area contributed by atoms with E-state index in [1.807, 2.05) is 18.2 Å². The number of rotatable bonds is 11. The van der Waals surface area contributed by atoms with E-state index in [-0.39, 0.29) is 17.9 Å². The van der Waals surface area contributed by atoms with E-state index in [0.717, 1.165) is 25.7 Å². The third kappa shape index (κ3) is 6.82. The van der Waals surface area contributed by atoms with E-state index in [0.29, 0.717) is 26.1 Å². The van der Waals surface area contributed by atoms with Crippen LogP contribution in [0.2, 0.25) is 0 Å². The molecule has 5 nitrogen and oxygen atoms in total. The highest BCUT2D eigenvalue weighted by molar-refractivity contribution is 5.77. The number of nitrogens with one attached hydrogen (secondary N) is 1. The van der Waals surface area contributed by atoms with Gasteiger partial charge in [0.2, 0.25) is 5.91 Å². The van der Waals surface area contributed by atoms with Crippen molar-refractivity contribution in [3.63, 3.8) is 0 Å². The van der Waals surface area contributed by atoms with Crippen molar-refractivity contribution in [2.24, 2.45) is 0 Å². The van der Waals surface area contributed by atoms with Crippen LogP contribution in [0.4, 0.5) is 0 Å². The molecule has 5 heteroatoms. The van der Waals surface area contributed by atoms with Gasteiger partial charge in [-0.2, -0.15) is 0 Å². The van der Waals surface area contributed by atoms with Crippen molar-refractivity contribution < 1.29 is 19.4 Å². The van der Waals surface area contributed by atoms with Gasteiger partial charge in [-0.3, -0.25) is 9.59 Å². The zero-order valence-electron chi connectivity index (χ0n) is 13.4. The molecule has 126 valence electrons. The third-order valence-corrected chi connectivity index (χ3v) is 4.15. The SMILES string of the molecule is O=C(O)CCC1(NC(=O)CCOCCCc2ccccc2)CC1. The second kappa shape index (κ2) is 8.67. The maximum absolute atomic E-state index is 11.9. The number of ether oxygens (including phenoxy) is 1. The number of carboxylic acids is 1. The first-order valence-corrected chi connectivity index (χ1v) is 8.24. The Morgan fingerprint density at radius 3 is 2.52 bits per heavy atom. The Morgan fingerprint density at radius 1 is 1.13 bits per heavy atom. The molecule has 1 aliphatic rings. The number of aliphatic carboxylic acids is 1. The zero-order chi connectivity index (χ0) is 16.5. The minimum Gasteiger partial charge on any atom is -0.481 e. The molecule has 0 spiro atoms. The van der Waals surface area contributed by atoms with Gasteiger partial charge in [0.1, 0.15) is 0 Å². The fourth-order valence-electron chi connectivity index (χ4n) is 2.58. The molecule has 1 amide bonds. The van der Waals surface area contributed by atoms with Crippen LogP contribution in [0.15, 0.2) is 30.3 Å². The number of carboxylic acid groups (broad SMARTS) is 1. The molecule has 0 aromatic heterocycles. The fraction of sp³-hybridized carbons (Fsp3) is 0.556. The van der Waals surface area contributed by atoms with Crippen LogP contribution in [-0.4, -0.2) is 35.7 Å². The van der Waals surface area contributed by atoms with Gasteiger partial charge in [0.25, 0.3) is 0 Å². The summed E-state index contributed by atoms with van der Waals surface area (Å²) in [4.78, 5) is 22.5. The first-order chi connectivity index (χ1) is 11.1. The predicted octanol–water partition coefficient (Wildman–Crippen LogP) is 2.54. The molecule has 0 aliphatic heterocycles. The van der Waals surface area contributed by atoms with Crippen LogP contribution >= 0.6 is 0 Å². The number of amides is 1. The van der Waals surface area contributed by atoms with Gasteiger partial charge < -0.3 is 15.2 Å². The summed E-state index contributed by atoms with van der Waals surface area (Å²) in [5, 5.41) is 11.7. The first-order valence-electron chi connectivity index (χ1n) is 8.24. The lowest BCUT2D eigenvalue weighted by Crippen LogP contribution is -2.37. The monoisotopic (exact) mass is 319 g/mol. The molecule has 0 radical (unpaired) electrons. The van der Waals surface area contributed by atoms with Crippen molar-refractivity contribution >= 4 is 11.9 Å². The minimum absolute atomic E-state index is 0.0454. The second-order valence-electron chi connectivity index (χ2n) is 6.17. The van der Waals surface area contributed by atoms with Crippen molar-refractivity contribution in [1.82, 2.24) is 5.32 Å². The van der Waals surface area contributed by atoms with E-state index < -0.39 is 5.97 Å². The quantitative estimate of drug-likeness (QED) is 0.615. The van der Waals surface area contributed by atoms with Gasteiger partial charge in [-0.1, -0.05) is 30.3 Å². The van der Waals surface area contributed by atoms with Crippen LogP contribution < -0.4 is 5.32 Å². The number of aryl methyl sites for hydroxylation is 1. The van der Waals surface area contributed by atoms with Crippen molar-refractivity contribution in [3.05, 3.63) is 35.9 Å². The molecule has 0 bridgehead atoms. The summed E-state index contributed by atoms with van der Waals surface area (Å²) >= 11 is 0. The standard InChI is InChI=1S/C18H25NO4/c20-16(19-18(11-12-18)10-8-17(21)22)9-14-23-13-4-7-15-5-2-1-3-6-15/h1-3,5-6H,4,7-14H2,(H,19,20)(H,21,22). The highest BCUT2D eigenvalue weighted by atomic mass is 16.5. The molecule has 0 atom stereocenters. The van der Waals surface area contributed by atoms with E-state index >= 15 is 0 Å². The summed E-state index contributed by atoms with van der Waals surface area (Å²) in [6.45, 7) is 1.06. The van der Waals surface area contributed by atoms with Crippen molar-refractivity contribution in [1.29, 1.82) is 0 Å². The van der Waals surface area contributed by atoms with Gasteiger partial charge in [-0.05, 0) is 37.7 Å². The highest BCUT2D eigenvalue weighted by Crippen LogP contribution is 2.39. The van der Waals surface area contributed by atoms with Crippen LogP contribution in [-0.2, 0) is 20.7 Å². The number of carbonyl (C=O) groups is 2. The normalized spacial score (nSPS) is 15.1. The molecule has 0 heterocycles. The van der Waals surface area contributed by atoms with Crippen molar-refractivity contribution in [3.8, 4) is 0 Å². The van der Waals surface area contributed by atoms with E-state index in [4.69, 9.17) is 9.84 Å². The number of benzene rings is 1. The Kier molecular flexibility index (Phi) is 6.59. The summed E-state index contributed by atoms with van der Waals surface area (Å²) in [6, 6.07) is 10.2. The van der Waals surface area contributed by atoms with Crippen LogP contribution in [0.1, 0.15) is 44.1 Å². The van der Waals surface area contributed by atoms with Gasteiger partial charge in [0, 0.05) is 25.0 Å². The summed E-state index contributed by atoms with van der Waals surface area (Å²) < 4.78 is 5.50. The molecule has 1 aromatic carbocycles. The van der Waals surface area contributed by atoms with Crippen LogP contribution in [0.5, 0.6) is 0 Å². The molecule has 1 saturated carbocycles. The third-order valence-electron chi connectivity index (χ3n) is 4.15. The van der Waals surface area contributed by atoms with Gasteiger partial charge in [-0.25, -0.2) is 0 Å². The number of hydrogen-bond acceptors (Lipinski definition) is 3. The summed E-state index contributed by atoms with van der Waals surface area (Å²) in [7, 11) is 0. The molecular weight excluding hydrogens is 294 g/mol. The fourth-order valence-corrected chi connectivity index (χ4v) is 2.58. The number of hydrogen-bond donors (Lipinski definition) is 2. The Morgan fingerprint density at radius 2 is 1.87 bits per heavy atom. The van der Waals surface area contributed by atoms with Crippen LogP contribution in [0, 0.1) is 0 Å². The van der Waals surface area contributed by atoms with E-state index in [2.05, 4.69) is 17.4 Å². The predicted molar refractivity (Wildman–Crippen MR) is 87.2 cm³/mol. The van der Waals surface area contributed by atoms with Crippen molar-refractivity contribution in [2.45, 2.75) is 50.5 Å². The second-order valence-corrected chi connectivity index (χ2v) is 6.17. The molecule has 2 N–H and O–H groups in total. The Balaban J connectivity index is 1.51. The largest absolute Gasteiger partial charge is 0.481 e. The lowest BCUT2D eigenvalue weighted by atomic mass is 10.1. The number of carbonyl (C=O) groups excluding carboxylic acids is 1. The molecule has 1 aliphatic carbocycles. The Hall–Kier alpha value is -1.88. The van der Waals surface area contributed by atoms with Gasteiger partial charge >= 0.3 is 5.97 Å². The van der Waals surface area contributed by atoms with Crippen LogP contribution in [0.3, 0.4) is 0 Å². The Labute approximate surface area is 137 Å². The molecule has 0 saturated heterocycles. The molecule has 0 unspecified atom stereocenters. The van der Waals surface area contributed by atoms with E-state index in [1.165, 1.54) is 5.56 Å². The molecule has 1 fully saturated rings. The lowest BCUT2D eigenvalue weighted by Gasteiger charge is -2.16. The van der Waals surface area contributed by atoms with E-state index in [1.54, 1.807) is 0 Å². The molecular formula is C18H25NO4. The summed E-state index contributed by atoms with van der Waals surface area (Å²) in [5.74, 6) is -0.858. The van der Waals surface area contributed by atoms with Gasteiger partial charge in [0.15, 0.2) is 0 Å². The van der Waals surface area contributed by atoms with Crippen molar-refractivity contribution in [2.75, 3.05) is 13.2 Å². The summed E-state index contributed by atoms with van der Waals surface area (Å²) in [5.41, 5.74) is 1.03. The topological polar surface area (TPSA) is 75.6 Å². The Bertz CT molecular complexity index is 511. The molecule has 2 rings (SSSR count).